The molecule has 1 aliphatic carbocycles. The van der Waals surface area contributed by atoms with Gasteiger partial charge in [0.05, 0.1) is 16.1 Å². The van der Waals surface area contributed by atoms with E-state index in [1.54, 1.807) is 0 Å². The van der Waals surface area contributed by atoms with Crippen molar-refractivity contribution < 1.29 is 41.1 Å². The second kappa shape index (κ2) is 12.8. The fourth-order valence-corrected chi connectivity index (χ4v) is 3.75. The largest absolute Gasteiger partial charge is 0.487 e. The van der Waals surface area contributed by atoms with E-state index in [1.165, 1.54) is 36.4 Å². The van der Waals surface area contributed by atoms with Crippen LogP contribution in [0.15, 0.2) is 36.4 Å². The third-order valence-corrected chi connectivity index (χ3v) is 6.72. The van der Waals surface area contributed by atoms with E-state index in [0.717, 1.165) is 33.1 Å². The lowest BCUT2D eigenvalue weighted by Crippen LogP contribution is -2.46. The van der Waals surface area contributed by atoms with E-state index in [9.17, 15) is 36.3 Å². The molecule has 1 fully saturated rings. The molecule has 218 valence electrons. The summed E-state index contributed by atoms with van der Waals surface area (Å²) in [7, 11) is 0. The van der Waals surface area contributed by atoms with E-state index >= 15 is 0 Å². The van der Waals surface area contributed by atoms with Crippen molar-refractivity contribution in [2.45, 2.75) is 52.3 Å². The van der Waals surface area contributed by atoms with Gasteiger partial charge in [0.2, 0.25) is 5.91 Å². The predicted octanol–water partition coefficient (Wildman–Crippen LogP) is 5.97. The molecule has 0 radical (unpaired) electrons. The normalized spacial score (nSPS) is 13.6. The minimum atomic E-state index is -4.75. The van der Waals surface area contributed by atoms with Crippen molar-refractivity contribution in [2.24, 2.45) is 11.3 Å². The van der Waals surface area contributed by atoms with Crippen molar-refractivity contribution in [3.63, 3.8) is 0 Å². The van der Waals surface area contributed by atoms with Crippen LogP contribution < -0.4 is 20.7 Å². The fourth-order valence-electron chi connectivity index (χ4n) is 3.54. The Morgan fingerprint density at radius 3 is 2.33 bits per heavy atom. The molecule has 3 rings (SSSR count). The maximum atomic E-state index is 13.1. The molecule has 0 bridgehead atoms. The Bertz CT molecular complexity index is 1250. The van der Waals surface area contributed by atoms with E-state index in [-0.39, 0.29) is 34.1 Å². The first-order chi connectivity index (χ1) is 18.7. The van der Waals surface area contributed by atoms with Crippen LogP contribution in [0.5, 0.6) is 5.75 Å². The zero-order chi connectivity index (χ0) is 29.7. The summed E-state index contributed by atoms with van der Waals surface area (Å²) >= 11 is 6.17. The second-order valence-corrected chi connectivity index (χ2v) is 10.4. The van der Waals surface area contributed by atoms with Gasteiger partial charge in [-0.15, -0.1) is 0 Å². The standard InChI is InChI=1S/C27H29ClF5N3O4/c1-26(2,27(31,32)33)25(39)35-13-16-5-7-20(28)18(11-16)24(38)36-17-6-8-21(40-14-22(29)30)19(12-17)23(37)34-10-9-15-3-4-15/h5-8,11-12,15,22H,3-4,9-10,13-14H2,1-2H3,(H,34,37)(H,35,39)(H,36,38). The third-order valence-electron chi connectivity index (χ3n) is 6.39. The number of carbonyl (C=O) groups is 3. The van der Waals surface area contributed by atoms with Gasteiger partial charge in [-0.3, -0.25) is 14.4 Å². The lowest BCUT2D eigenvalue weighted by molar-refractivity contribution is -0.211. The number of halogens is 6. The van der Waals surface area contributed by atoms with Gasteiger partial charge in [0.15, 0.2) is 0 Å². The summed E-state index contributed by atoms with van der Waals surface area (Å²) in [5.74, 6) is -2.03. The lowest BCUT2D eigenvalue weighted by Gasteiger charge is -2.26. The highest BCUT2D eigenvalue weighted by Crippen LogP contribution is 2.37. The Labute approximate surface area is 232 Å². The smallest absolute Gasteiger partial charge is 0.402 e. The molecular weight excluding hydrogens is 561 g/mol. The maximum Gasteiger partial charge on any atom is 0.402 e. The van der Waals surface area contributed by atoms with Crippen molar-refractivity contribution in [1.29, 1.82) is 0 Å². The summed E-state index contributed by atoms with van der Waals surface area (Å²) in [6, 6.07) is 8.03. The van der Waals surface area contributed by atoms with Gasteiger partial charge in [-0.1, -0.05) is 30.5 Å². The first-order valence-corrected chi connectivity index (χ1v) is 12.8. The number of amides is 3. The van der Waals surface area contributed by atoms with Gasteiger partial charge in [0.25, 0.3) is 18.2 Å². The molecule has 7 nitrogen and oxygen atoms in total. The minimum absolute atomic E-state index is 0.0260. The van der Waals surface area contributed by atoms with Crippen LogP contribution in [0.25, 0.3) is 0 Å². The summed E-state index contributed by atoms with van der Waals surface area (Å²) in [6.07, 6.45) is -4.53. The molecule has 0 aromatic heterocycles. The number of nitrogens with one attached hydrogen (secondary N) is 3. The zero-order valence-electron chi connectivity index (χ0n) is 21.8. The topological polar surface area (TPSA) is 96.5 Å². The highest BCUT2D eigenvalue weighted by molar-refractivity contribution is 6.34. The van der Waals surface area contributed by atoms with Crippen LogP contribution in [0.1, 0.15) is 59.4 Å². The molecule has 40 heavy (non-hydrogen) atoms. The van der Waals surface area contributed by atoms with Crippen molar-refractivity contribution >= 4 is 35.0 Å². The van der Waals surface area contributed by atoms with E-state index in [0.29, 0.717) is 18.0 Å². The molecule has 0 atom stereocenters. The quantitative estimate of drug-likeness (QED) is 0.266. The molecule has 3 N–H and O–H groups in total. The Morgan fingerprint density at radius 2 is 1.70 bits per heavy atom. The fraction of sp³-hybridized carbons (Fsp3) is 0.444. The molecule has 1 saturated carbocycles. The maximum absolute atomic E-state index is 13.1. The molecular formula is C27H29ClF5N3O4. The van der Waals surface area contributed by atoms with Crippen LogP contribution in [0.4, 0.5) is 27.6 Å². The first-order valence-electron chi connectivity index (χ1n) is 12.5. The number of anilines is 1. The van der Waals surface area contributed by atoms with Crippen molar-refractivity contribution in [3.8, 4) is 5.75 Å². The first kappa shape index (κ1) is 31.1. The van der Waals surface area contributed by atoms with Gasteiger partial charge in [0.1, 0.15) is 17.8 Å². The van der Waals surface area contributed by atoms with Gasteiger partial charge in [-0.05, 0) is 62.1 Å². The van der Waals surface area contributed by atoms with Crippen LogP contribution >= 0.6 is 11.6 Å². The van der Waals surface area contributed by atoms with E-state index in [4.69, 9.17) is 16.3 Å². The molecule has 3 amide bonds. The summed E-state index contributed by atoms with van der Waals surface area (Å²) in [5, 5.41) is 7.52. The van der Waals surface area contributed by atoms with Gasteiger partial charge in [-0.25, -0.2) is 8.78 Å². The summed E-state index contributed by atoms with van der Waals surface area (Å²) in [6.45, 7) is 0.695. The van der Waals surface area contributed by atoms with E-state index in [2.05, 4.69) is 16.0 Å². The highest BCUT2D eigenvalue weighted by atomic mass is 35.5. The van der Waals surface area contributed by atoms with E-state index < -0.39 is 42.3 Å². The van der Waals surface area contributed by atoms with Crippen LogP contribution in [0.2, 0.25) is 5.02 Å². The summed E-state index contributed by atoms with van der Waals surface area (Å²) in [4.78, 5) is 37.8. The molecule has 0 heterocycles. The predicted molar refractivity (Wildman–Crippen MR) is 139 cm³/mol. The molecule has 0 saturated heterocycles. The SMILES string of the molecule is CC(C)(C(=O)NCc1ccc(Cl)c(C(=O)Nc2ccc(OCC(F)F)c(C(=O)NCCC3CC3)c2)c1)C(F)(F)F. The summed E-state index contributed by atoms with van der Waals surface area (Å²) < 4.78 is 69.8. The average molecular weight is 590 g/mol. The van der Waals surface area contributed by atoms with E-state index in [1.807, 2.05) is 0 Å². The molecule has 13 heteroatoms. The summed E-state index contributed by atoms with van der Waals surface area (Å²) in [5.41, 5.74) is -2.26. The Balaban J connectivity index is 1.74. The Kier molecular flexibility index (Phi) is 9.99. The Morgan fingerprint density at radius 1 is 1.00 bits per heavy atom. The lowest BCUT2D eigenvalue weighted by atomic mass is 9.91. The van der Waals surface area contributed by atoms with Gasteiger partial charge in [-0.2, -0.15) is 13.2 Å². The van der Waals surface area contributed by atoms with Gasteiger partial charge in [0, 0.05) is 18.8 Å². The van der Waals surface area contributed by atoms with Gasteiger partial charge < -0.3 is 20.7 Å². The molecule has 2 aromatic carbocycles. The Hall–Kier alpha value is -3.41. The van der Waals surface area contributed by atoms with Crippen LogP contribution in [0.3, 0.4) is 0 Å². The number of rotatable bonds is 12. The zero-order valence-corrected chi connectivity index (χ0v) is 22.5. The van der Waals surface area contributed by atoms with Crippen LogP contribution in [-0.4, -0.2) is 43.5 Å². The van der Waals surface area contributed by atoms with Crippen LogP contribution in [-0.2, 0) is 11.3 Å². The molecule has 2 aromatic rings. The average Bonchev–Trinajstić information content (AvgIpc) is 3.70. The number of hydrogen-bond acceptors (Lipinski definition) is 4. The highest BCUT2D eigenvalue weighted by Gasteiger charge is 2.52. The van der Waals surface area contributed by atoms with Crippen molar-refractivity contribution in [1.82, 2.24) is 10.6 Å². The minimum Gasteiger partial charge on any atom is -0.487 e. The monoisotopic (exact) mass is 589 g/mol. The number of ether oxygens (including phenoxy) is 1. The molecule has 0 aliphatic heterocycles. The number of carbonyl (C=O) groups excluding carboxylic acids is 3. The number of hydrogen-bond donors (Lipinski definition) is 3. The second-order valence-electron chi connectivity index (χ2n) is 9.97. The van der Waals surface area contributed by atoms with Crippen molar-refractivity contribution in [3.05, 3.63) is 58.1 Å². The molecule has 0 spiro atoms. The number of benzene rings is 2. The number of alkyl halides is 5. The third kappa shape index (κ3) is 8.30. The van der Waals surface area contributed by atoms with Crippen molar-refractivity contribution in [2.75, 3.05) is 18.5 Å². The van der Waals surface area contributed by atoms with Crippen LogP contribution in [0, 0.1) is 11.3 Å². The van der Waals surface area contributed by atoms with Gasteiger partial charge >= 0.3 is 6.18 Å². The molecule has 1 aliphatic rings. The molecule has 0 unspecified atom stereocenters.